The number of carbonyl (C=O) groups is 2. The number of imide groups is 1. The topological polar surface area (TPSA) is 105 Å². The normalized spacial score (nSPS) is 18.8. The summed E-state index contributed by atoms with van der Waals surface area (Å²) in [4.78, 5) is 38.8. The monoisotopic (exact) mass is 398 g/mol. The smallest absolute Gasteiger partial charge is 0.326 e. The van der Waals surface area contributed by atoms with Crippen LogP contribution in [0.2, 0.25) is 0 Å². The van der Waals surface area contributed by atoms with E-state index in [-0.39, 0.29) is 12.4 Å². The standard InChI is InChI=1S/C20H22N4O5/c1-20(15-6-8-16(9-7-15)24(27)28)18(25)23(19(26)21-20)13-22(2)12-14-4-10-17(29-3)11-5-14/h4-11H,12-13H2,1-3H3,(H,21,26)/t20-/m1/s1. The number of nitro groups is 1. The molecule has 9 heteroatoms. The van der Waals surface area contributed by atoms with Crippen LogP contribution in [-0.4, -0.2) is 47.5 Å². The van der Waals surface area contributed by atoms with Crippen molar-refractivity contribution in [2.45, 2.75) is 19.0 Å². The van der Waals surface area contributed by atoms with Crippen molar-refractivity contribution in [2.24, 2.45) is 0 Å². The van der Waals surface area contributed by atoms with Gasteiger partial charge in [-0.2, -0.15) is 0 Å². The lowest BCUT2D eigenvalue weighted by molar-refractivity contribution is -0.384. The summed E-state index contributed by atoms with van der Waals surface area (Å²) >= 11 is 0. The second kappa shape index (κ2) is 7.88. The number of hydrogen-bond acceptors (Lipinski definition) is 6. The summed E-state index contributed by atoms with van der Waals surface area (Å²) in [7, 11) is 3.41. The lowest BCUT2D eigenvalue weighted by Crippen LogP contribution is -2.42. The van der Waals surface area contributed by atoms with E-state index >= 15 is 0 Å². The average Bonchev–Trinajstić information content (AvgIpc) is 2.92. The van der Waals surface area contributed by atoms with Crippen LogP contribution >= 0.6 is 0 Å². The highest BCUT2D eigenvalue weighted by Gasteiger charge is 2.49. The van der Waals surface area contributed by atoms with Crippen LogP contribution in [-0.2, 0) is 16.9 Å². The van der Waals surface area contributed by atoms with Gasteiger partial charge in [0.25, 0.3) is 11.6 Å². The first-order chi connectivity index (χ1) is 13.7. The fourth-order valence-electron chi connectivity index (χ4n) is 3.27. The molecule has 0 bridgehead atoms. The van der Waals surface area contributed by atoms with Gasteiger partial charge in [-0.3, -0.25) is 19.8 Å². The van der Waals surface area contributed by atoms with Gasteiger partial charge in [-0.25, -0.2) is 9.69 Å². The van der Waals surface area contributed by atoms with Gasteiger partial charge < -0.3 is 10.1 Å². The first kappa shape index (κ1) is 20.3. The van der Waals surface area contributed by atoms with Crippen molar-refractivity contribution in [3.05, 3.63) is 69.8 Å². The summed E-state index contributed by atoms with van der Waals surface area (Å²) in [6.07, 6.45) is 0. The van der Waals surface area contributed by atoms with E-state index in [0.29, 0.717) is 12.1 Å². The number of ether oxygens (including phenoxy) is 1. The first-order valence-electron chi connectivity index (χ1n) is 8.95. The highest BCUT2D eigenvalue weighted by molar-refractivity contribution is 6.07. The number of methoxy groups -OCH3 is 1. The molecule has 0 radical (unpaired) electrons. The maximum atomic E-state index is 13.0. The molecule has 0 saturated carbocycles. The Kier molecular flexibility index (Phi) is 5.51. The number of amides is 3. The van der Waals surface area contributed by atoms with E-state index in [2.05, 4.69) is 5.32 Å². The molecule has 2 aromatic rings. The molecule has 0 unspecified atom stereocenters. The quantitative estimate of drug-likeness (QED) is 0.436. The molecular weight excluding hydrogens is 376 g/mol. The van der Waals surface area contributed by atoms with Crippen molar-refractivity contribution in [1.29, 1.82) is 0 Å². The molecule has 0 aromatic heterocycles. The maximum absolute atomic E-state index is 13.0. The van der Waals surface area contributed by atoms with E-state index in [4.69, 9.17) is 4.74 Å². The van der Waals surface area contributed by atoms with Crippen LogP contribution in [0.3, 0.4) is 0 Å². The molecule has 1 heterocycles. The Morgan fingerprint density at radius 1 is 1.14 bits per heavy atom. The van der Waals surface area contributed by atoms with Gasteiger partial charge in [0.05, 0.1) is 18.7 Å². The van der Waals surface area contributed by atoms with Gasteiger partial charge in [0, 0.05) is 18.7 Å². The van der Waals surface area contributed by atoms with Gasteiger partial charge in [0.15, 0.2) is 0 Å². The summed E-state index contributed by atoms with van der Waals surface area (Å²) in [5.74, 6) is 0.349. The van der Waals surface area contributed by atoms with E-state index in [9.17, 15) is 19.7 Å². The summed E-state index contributed by atoms with van der Waals surface area (Å²) in [6.45, 7) is 2.24. The number of nitrogens with zero attached hydrogens (tertiary/aromatic N) is 3. The van der Waals surface area contributed by atoms with Crippen molar-refractivity contribution in [1.82, 2.24) is 15.1 Å². The third kappa shape index (κ3) is 4.04. The Balaban J connectivity index is 1.71. The number of benzene rings is 2. The van der Waals surface area contributed by atoms with Crippen LogP contribution in [0.25, 0.3) is 0 Å². The van der Waals surface area contributed by atoms with E-state index in [1.807, 2.05) is 36.2 Å². The van der Waals surface area contributed by atoms with E-state index in [0.717, 1.165) is 16.2 Å². The number of non-ortho nitro benzene ring substituents is 1. The van der Waals surface area contributed by atoms with Crippen molar-refractivity contribution in [3.63, 3.8) is 0 Å². The Labute approximate surface area is 168 Å². The van der Waals surface area contributed by atoms with Crippen LogP contribution in [0, 0.1) is 10.1 Å². The number of urea groups is 1. The molecule has 0 aliphatic carbocycles. The van der Waals surface area contributed by atoms with Gasteiger partial charge in [-0.1, -0.05) is 12.1 Å². The van der Waals surface area contributed by atoms with Gasteiger partial charge in [0.1, 0.15) is 11.3 Å². The molecule has 152 valence electrons. The zero-order valence-corrected chi connectivity index (χ0v) is 16.4. The Morgan fingerprint density at radius 2 is 1.76 bits per heavy atom. The molecule has 0 spiro atoms. The molecule has 1 aliphatic rings. The van der Waals surface area contributed by atoms with Crippen LogP contribution in [0.4, 0.5) is 10.5 Å². The fraction of sp³-hybridized carbons (Fsp3) is 0.300. The molecule has 1 saturated heterocycles. The average molecular weight is 398 g/mol. The summed E-state index contributed by atoms with van der Waals surface area (Å²) in [5.41, 5.74) is 0.151. The summed E-state index contributed by atoms with van der Waals surface area (Å²) in [5, 5.41) is 13.5. The molecule has 1 N–H and O–H groups in total. The number of hydrogen-bond donors (Lipinski definition) is 1. The minimum atomic E-state index is -1.27. The molecule has 29 heavy (non-hydrogen) atoms. The predicted octanol–water partition coefficient (Wildman–Crippen LogP) is 2.46. The Morgan fingerprint density at radius 3 is 2.31 bits per heavy atom. The molecule has 1 atom stereocenters. The molecule has 1 aliphatic heterocycles. The predicted molar refractivity (Wildman–Crippen MR) is 105 cm³/mol. The van der Waals surface area contributed by atoms with Crippen molar-refractivity contribution in [2.75, 3.05) is 20.8 Å². The van der Waals surface area contributed by atoms with Crippen LogP contribution in [0.5, 0.6) is 5.75 Å². The fourth-order valence-corrected chi connectivity index (χ4v) is 3.27. The summed E-state index contributed by atoms with van der Waals surface area (Å²) in [6, 6.07) is 12.6. The molecule has 2 aromatic carbocycles. The molecule has 3 rings (SSSR count). The zero-order chi connectivity index (χ0) is 21.2. The third-order valence-corrected chi connectivity index (χ3v) is 4.92. The van der Waals surface area contributed by atoms with Crippen molar-refractivity contribution in [3.8, 4) is 5.75 Å². The summed E-state index contributed by atoms with van der Waals surface area (Å²) < 4.78 is 5.14. The van der Waals surface area contributed by atoms with Crippen LogP contribution < -0.4 is 10.1 Å². The number of carbonyl (C=O) groups excluding carboxylic acids is 2. The number of nitrogens with one attached hydrogen (secondary N) is 1. The molecule has 1 fully saturated rings. The Bertz CT molecular complexity index is 929. The van der Waals surface area contributed by atoms with Gasteiger partial charge in [0.2, 0.25) is 0 Å². The van der Waals surface area contributed by atoms with Gasteiger partial charge in [-0.05, 0) is 49.4 Å². The highest BCUT2D eigenvalue weighted by atomic mass is 16.6. The number of nitro benzene ring substituents is 1. The SMILES string of the molecule is COc1ccc(CN(C)CN2C(=O)N[C@](C)(c3ccc([N+](=O)[O-])cc3)C2=O)cc1. The maximum Gasteiger partial charge on any atom is 0.326 e. The molecule has 9 nitrogen and oxygen atoms in total. The number of rotatable bonds is 7. The van der Waals surface area contributed by atoms with Gasteiger partial charge in [-0.15, -0.1) is 0 Å². The van der Waals surface area contributed by atoms with Crippen molar-refractivity contribution >= 4 is 17.6 Å². The van der Waals surface area contributed by atoms with E-state index in [1.54, 1.807) is 14.0 Å². The van der Waals surface area contributed by atoms with E-state index in [1.165, 1.54) is 24.3 Å². The second-order valence-electron chi connectivity index (χ2n) is 7.10. The van der Waals surface area contributed by atoms with Crippen LogP contribution in [0.15, 0.2) is 48.5 Å². The minimum Gasteiger partial charge on any atom is -0.497 e. The minimum absolute atomic E-state index is 0.0785. The molecule has 3 amide bonds. The van der Waals surface area contributed by atoms with Crippen LogP contribution in [0.1, 0.15) is 18.1 Å². The second-order valence-corrected chi connectivity index (χ2v) is 7.10. The van der Waals surface area contributed by atoms with E-state index < -0.39 is 22.4 Å². The zero-order valence-electron chi connectivity index (χ0n) is 16.4. The largest absolute Gasteiger partial charge is 0.497 e. The highest BCUT2D eigenvalue weighted by Crippen LogP contribution is 2.30. The molecular formula is C20H22N4O5. The lowest BCUT2D eigenvalue weighted by atomic mass is 9.92. The third-order valence-electron chi connectivity index (χ3n) is 4.92. The first-order valence-corrected chi connectivity index (χ1v) is 8.95. The Hall–Kier alpha value is -3.46. The van der Waals surface area contributed by atoms with Gasteiger partial charge >= 0.3 is 6.03 Å². The van der Waals surface area contributed by atoms with Crippen molar-refractivity contribution < 1.29 is 19.2 Å². The lowest BCUT2D eigenvalue weighted by Gasteiger charge is -2.24.